The normalized spacial score (nSPS) is 15.6. The zero-order chi connectivity index (χ0) is 19.0. The number of aromatic nitrogens is 1. The number of benzene rings is 2. The van der Waals surface area contributed by atoms with Crippen molar-refractivity contribution >= 4 is 33.4 Å². The number of fused-ring (bicyclic) bond motifs is 2. The average molecular weight is 384 g/mol. The number of pyridine rings is 1. The van der Waals surface area contributed by atoms with E-state index in [-0.39, 0.29) is 6.04 Å². The Hall–Kier alpha value is -1.88. The van der Waals surface area contributed by atoms with Crippen LogP contribution in [0.2, 0.25) is 5.02 Å². The molecule has 0 spiro atoms. The summed E-state index contributed by atoms with van der Waals surface area (Å²) in [6.07, 6.45) is 3.64. The molecule has 0 aliphatic heterocycles. The third-order valence-corrected chi connectivity index (χ3v) is 5.68. The summed E-state index contributed by atoms with van der Waals surface area (Å²) in [6, 6.07) is 11.7. The highest BCUT2D eigenvalue weighted by Gasteiger charge is 2.23. The van der Waals surface area contributed by atoms with Crippen LogP contribution >= 0.6 is 11.6 Å². The molecule has 1 atom stereocenters. The summed E-state index contributed by atoms with van der Waals surface area (Å²) < 4.78 is 5.44. The van der Waals surface area contributed by atoms with E-state index in [1.807, 2.05) is 36.4 Å². The highest BCUT2D eigenvalue weighted by atomic mass is 35.5. The monoisotopic (exact) mass is 383 g/mol. The Morgan fingerprint density at radius 1 is 1.19 bits per heavy atom. The molecule has 0 saturated heterocycles. The maximum Gasteiger partial charge on any atom is 0.119 e. The van der Waals surface area contributed by atoms with Gasteiger partial charge in [0.05, 0.1) is 18.1 Å². The predicted octanol–water partition coefficient (Wildman–Crippen LogP) is 4.78. The first kappa shape index (κ1) is 18.5. The molecular weight excluding hydrogens is 358 g/mol. The molecule has 5 heteroatoms. The van der Waals surface area contributed by atoms with Gasteiger partial charge in [0, 0.05) is 28.4 Å². The van der Waals surface area contributed by atoms with Crippen LogP contribution in [0.15, 0.2) is 36.4 Å². The molecule has 1 aromatic heterocycles. The third-order valence-electron chi connectivity index (χ3n) is 5.44. The Balaban J connectivity index is 1.74. The van der Waals surface area contributed by atoms with E-state index in [1.54, 1.807) is 7.11 Å². The number of hydrogen-bond donors (Lipinski definition) is 1. The second-order valence-electron chi connectivity index (χ2n) is 7.67. The third kappa shape index (κ3) is 4.03. The molecule has 3 aromatic rings. The van der Waals surface area contributed by atoms with Crippen LogP contribution in [0.4, 0.5) is 0 Å². The van der Waals surface area contributed by atoms with Crippen molar-refractivity contribution in [2.75, 3.05) is 27.2 Å². The molecule has 1 fully saturated rings. The number of hydrogen-bond acceptors (Lipinski definition) is 4. The SMILES string of the molecule is COc1ccc2nc3cc(Cl)ccc3c(C(N)CCN(C)CC3CC3)c2c1. The minimum atomic E-state index is -0.0760. The van der Waals surface area contributed by atoms with E-state index in [4.69, 9.17) is 27.1 Å². The Labute approximate surface area is 165 Å². The van der Waals surface area contributed by atoms with Gasteiger partial charge in [-0.3, -0.25) is 0 Å². The summed E-state index contributed by atoms with van der Waals surface area (Å²) in [7, 11) is 3.87. The average Bonchev–Trinajstić information content (AvgIpc) is 3.47. The van der Waals surface area contributed by atoms with Crippen molar-refractivity contribution in [3.63, 3.8) is 0 Å². The maximum atomic E-state index is 6.72. The van der Waals surface area contributed by atoms with E-state index < -0.39 is 0 Å². The van der Waals surface area contributed by atoms with Crippen LogP contribution in [0.5, 0.6) is 5.75 Å². The molecule has 142 valence electrons. The van der Waals surface area contributed by atoms with Gasteiger partial charge in [0.25, 0.3) is 0 Å². The second-order valence-corrected chi connectivity index (χ2v) is 8.11. The van der Waals surface area contributed by atoms with Gasteiger partial charge in [-0.25, -0.2) is 4.98 Å². The van der Waals surface area contributed by atoms with Crippen molar-refractivity contribution < 1.29 is 4.74 Å². The summed E-state index contributed by atoms with van der Waals surface area (Å²) in [5, 5.41) is 2.81. The first-order valence-corrected chi connectivity index (χ1v) is 9.94. The summed E-state index contributed by atoms with van der Waals surface area (Å²) in [5.41, 5.74) is 9.66. The molecule has 4 nitrogen and oxygen atoms in total. The minimum Gasteiger partial charge on any atom is -0.497 e. The fourth-order valence-corrected chi connectivity index (χ4v) is 3.96. The number of rotatable bonds is 7. The molecule has 27 heavy (non-hydrogen) atoms. The molecule has 0 bridgehead atoms. The van der Waals surface area contributed by atoms with E-state index in [0.717, 1.165) is 52.0 Å². The van der Waals surface area contributed by atoms with Gasteiger partial charge in [0.1, 0.15) is 5.75 Å². The molecule has 1 saturated carbocycles. The lowest BCUT2D eigenvalue weighted by molar-refractivity contribution is 0.307. The smallest absolute Gasteiger partial charge is 0.119 e. The highest BCUT2D eigenvalue weighted by Crippen LogP contribution is 2.35. The van der Waals surface area contributed by atoms with Crippen molar-refractivity contribution in [1.82, 2.24) is 9.88 Å². The summed E-state index contributed by atoms with van der Waals surface area (Å²) >= 11 is 6.21. The standard InChI is InChI=1S/C22H26ClN3O/c1-26(13-14-3-4-14)10-9-19(24)22-17-7-5-15(23)11-21(17)25-20-8-6-16(27-2)12-18(20)22/h5-8,11-12,14,19H,3-4,9-10,13,24H2,1-2H3. The second kappa shape index (κ2) is 7.63. The lowest BCUT2D eigenvalue weighted by atomic mass is 9.95. The highest BCUT2D eigenvalue weighted by molar-refractivity contribution is 6.31. The quantitative estimate of drug-likeness (QED) is 0.596. The van der Waals surface area contributed by atoms with Crippen LogP contribution in [0, 0.1) is 5.92 Å². The molecular formula is C22H26ClN3O. The van der Waals surface area contributed by atoms with Crippen LogP contribution in [0.1, 0.15) is 30.9 Å². The molecule has 1 unspecified atom stereocenters. The molecule has 0 radical (unpaired) electrons. The van der Waals surface area contributed by atoms with E-state index in [2.05, 4.69) is 11.9 Å². The molecule has 0 amide bonds. The summed E-state index contributed by atoms with van der Waals surface area (Å²) in [6.45, 7) is 2.16. The van der Waals surface area contributed by atoms with Crippen molar-refractivity contribution in [1.29, 1.82) is 0 Å². The molecule has 1 aliphatic carbocycles. The molecule has 2 N–H and O–H groups in total. The van der Waals surface area contributed by atoms with Crippen LogP contribution in [-0.2, 0) is 0 Å². The number of nitrogens with two attached hydrogens (primary N) is 1. The Kier molecular flexibility index (Phi) is 5.22. The maximum absolute atomic E-state index is 6.72. The van der Waals surface area contributed by atoms with E-state index in [1.165, 1.54) is 19.4 Å². The van der Waals surface area contributed by atoms with Gasteiger partial charge in [-0.05, 0) is 74.7 Å². The van der Waals surface area contributed by atoms with Crippen molar-refractivity contribution in [2.24, 2.45) is 11.7 Å². The van der Waals surface area contributed by atoms with Crippen LogP contribution in [-0.4, -0.2) is 37.1 Å². The van der Waals surface area contributed by atoms with Gasteiger partial charge in [0.2, 0.25) is 0 Å². The van der Waals surface area contributed by atoms with Gasteiger partial charge in [-0.2, -0.15) is 0 Å². The molecule has 1 heterocycles. The zero-order valence-electron chi connectivity index (χ0n) is 15.9. The van der Waals surface area contributed by atoms with E-state index in [9.17, 15) is 0 Å². The number of methoxy groups -OCH3 is 1. The van der Waals surface area contributed by atoms with Crippen molar-refractivity contribution in [2.45, 2.75) is 25.3 Å². The first-order valence-electron chi connectivity index (χ1n) is 9.56. The topological polar surface area (TPSA) is 51.4 Å². The number of nitrogens with zero attached hydrogens (tertiary/aromatic N) is 2. The van der Waals surface area contributed by atoms with Crippen LogP contribution < -0.4 is 10.5 Å². The molecule has 4 rings (SSSR count). The van der Waals surface area contributed by atoms with Gasteiger partial charge in [-0.1, -0.05) is 17.7 Å². The fraction of sp³-hybridized carbons (Fsp3) is 0.409. The predicted molar refractivity (Wildman–Crippen MR) is 113 cm³/mol. The Morgan fingerprint density at radius 3 is 2.74 bits per heavy atom. The fourth-order valence-electron chi connectivity index (χ4n) is 3.79. The first-order chi connectivity index (χ1) is 13.0. The Morgan fingerprint density at radius 2 is 2.00 bits per heavy atom. The lowest BCUT2D eigenvalue weighted by Crippen LogP contribution is -2.25. The van der Waals surface area contributed by atoms with Crippen molar-refractivity contribution in [3.05, 3.63) is 47.0 Å². The molecule has 2 aromatic carbocycles. The van der Waals surface area contributed by atoms with Gasteiger partial charge < -0.3 is 15.4 Å². The zero-order valence-corrected chi connectivity index (χ0v) is 16.7. The summed E-state index contributed by atoms with van der Waals surface area (Å²) in [5.74, 6) is 1.71. The largest absolute Gasteiger partial charge is 0.497 e. The van der Waals surface area contributed by atoms with Crippen molar-refractivity contribution in [3.8, 4) is 5.75 Å². The van der Waals surface area contributed by atoms with Gasteiger partial charge in [-0.15, -0.1) is 0 Å². The Bertz CT molecular complexity index is 971. The van der Waals surface area contributed by atoms with E-state index in [0.29, 0.717) is 5.02 Å². The lowest BCUT2D eigenvalue weighted by Gasteiger charge is -2.22. The van der Waals surface area contributed by atoms with Crippen LogP contribution in [0.25, 0.3) is 21.8 Å². The number of ether oxygens (including phenoxy) is 1. The molecule has 1 aliphatic rings. The number of halogens is 1. The van der Waals surface area contributed by atoms with Gasteiger partial charge in [0.15, 0.2) is 0 Å². The minimum absolute atomic E-state index is 0.0760. The van der Waals surface area contributed by atoms with Gasteiger partial charge >= 0.3 is 0 Å². The summed E-state index contributed by atoms with van der Waals surface area (Å²) in [4.78, 5) is 7.20. The van der Waals surface area contributed by atoms with Crippen LogP contribution in [0.3, 0.4) is 0 Å². The van der Waals surface area contributed by atoms with E-state index >= 15 is 0 Å².